The summed E-state index contributed by atoms with van der Waals surface area (Å²) in [6, 6.07) is 0. The smallest absolute Gasteiger partial charge is 0.308 e. The predicted octanol–water partition coefficient (Wildman–Crippen LogP) is 4.57. The fourth-order valence-corrected chi connectivity index (χ4v) is 8.45. The molecular formula is C25H38O5. The van der Waals surface area contributed by atoms with E-state index >= 15 is 0 Å². The number of esters is 2. The SMILES string of the molecule is COC(=O)[C@H](C)[C@H]1CC[C@H]2[C@@H]3CC[C@H]4C[C@H](OC(C)=O)CC[C@]4(C)[C@H]3CC(=O)[C@]12C. The van der Waals surface area contributed by atoms with Crippen LogP contribution in [0.3, 0.4) is 0 Å². The highest BCUT2D eigenvalue weighted by molar-refractivity contribution is 5.88. The van der Waals surface area contributed by atoms with Crippen molar-refractivity contribution in [3.05, 3.63) is 0 Å². The van der Waals surface area contributed by atoms with Crippen molar-refractivity contribution in [2.75, 3.05) is 7.11 Å². The summed E-state index contributed by atoms with van der Waals surface area (Å²) in [5.74, 6) is 1.77. The molecule has 4 rings (SSSR count). The molecule has 5 nitrogen and oxygen atoms in total. The van der Waals surface area contributed by atoms with E-state index in [9.17, 15) is 14.4 Å². The zero-order valence-electron chi connectivity index (χ0n) is 19.2. The second kappa shape index (κ2) is 7.63. The fraction of sp³-hybridized carbons (Fsp3) is 0.880. The van der Waals surface area contributed by atoms with E-state index in [1.54, 1.807) is 0 Å². The Kier molecular flexibility index (Phi) is 5.55. The van der Waals surface area contributed by atoms with Gasteiger partial charge in [-0.2, -0.15) is 0 Å². The average Bonchev–Trinajstić information content (AvgIpc) is 3.06. The van der Waals surface area contributed by atoms with Crippen LogP contribution in [0.4, 0.5) is 0 Å². The summed E-state index contributed by atoms with van der Waals surface area (Å²) in [6.45, 7) is 7.99. The molecule has 0 aromatic carbocycles. The lowest BCUT2D eigenvalue weighted by Gasteiger charge is -2.60. The highest BCUT2D eigenvalue weighted by Crippen LogP contribution is 2.67. The Labute approximate surface area is 180 Å². The minimum absolute atomic E-state index is 0.0402. The van der Waals surface area contributed by atoms with Gasteiger partial charge in [0.05, 0.1) is 13.0 Å². The first-order valence-electron chi connectivity index (χ1n) is 11.9. The molecule has 168 valence electrons. The quantitative estimate of drug-likeness (QED) is 0.628. The summed E-state index contributed by atoms with van der Waals surface area (Å²) < 4.78 is 10.6. The minimum atomic E-state index is -0.396. The number of hydrogen-bond acceptors (Lipinski definition) is 5. The van der Waals surface area contributed by atoms with Crippen molar-refractivity contribution in [2.24, 2.45) is 46.3 Å². The van der Waals surface area contributed by atoms with Gasteiger partial charge in [-0.15, -0.1) is 0 Å². The van der Waals surface area contributed by atoms with Crippen molar-refractivity contribution in [3.8, 4) is 0 Å². The van der Waals surface area contributed by atoms with Crippen LogP contribution in [0.25, 0.3) is 0 Å². The lowest BCUT2D eigenvalue weighted by atomic mass is 9.44. The maximum atomic E-state index is 13.7. The predicted molar refractivity (Wildman–Crippen MR) is 112 cm³/mol. The van der Waals surface area contributed by atoms with E-state index in [2.05, 4.69) is 13.8 Å². The fourth-order valence-electron chi connectivity index (χ4n) is 8.45. The summed E-state index contributed by atoms with van der Waals surface area (Å²) in [6.07, 6.45) is 7.89. The Morgan fingerprint density at radius 3 is 2.47 bits per heavy atom. The Balaban J connectivity index is 1.57. The molecule has 9 atom stereocenters. The van der Waals surface area contributed by atoms with Gasteiger partial charge in [0.25, 0.3) is 0 Å². The Hall–Kier alpha value is -1.39. The summed E-state index contributed by atoms with van der Waals surface area (Å²) in [4.78, 5) is 37.4. The molecule has 4 fully saturated rings. The van der Waals surface area contributed by atoms with Gasteiger partial charge in [0, 0.05) is 18.8 Å². The second-order valence-electron chi connectivity index (χ2n) is 11.1. The number of Topliss-reactive ketones (excluding diaryl/α,β-unsaturated/α-hetero) is 1. The van der Waals surface area contributed by atoms with Crippen molar-refractivity contribution in [2.45, 2.75) is 85.2 Å². The molecule has 0 aliphatic heterocycles. The second-order valence-corrected chi connectivity index (χ2v) is 11.1. The molecule has 30 heavy (non-hydrogen) atoms. The first-order chi connectivity index (χ1) is 14.1. The molecule has 0 aromatic heterocycles. The van der Waals surface area contributed by atoms with E-state index in [1.165, 1.54) is 14.0 Å². The lowest BCUT2D eigenvalue weighted by molar-refractivity contribution is -0.168. The first kappa shape index (κ1) is 21.8. The monoisotopic (exact) mass is 418 g/mol. The van der Waals surface area contributed by atoms with E-state index in [0.29, 0.717) is 35.9 Å². The third-order valence-electron chi connectivity index (χ3n) is 10.1. The molecular weight excluding hydrogens is 380 g/mol. The molecule has 0 radical (unpaired) electrons. The number of fused-ring (bicyclic) bond motifs is 5. The first-order valence-corrected chi connectivity index (χ1v) is 11.9. The van der Waals surface area contributed by atoms with Gasteiger partial charge in [0.15, 0.2) is 0 Å². The van der Waals surface area contributed by atoms with E-state index in [-0.39, 0.29) is 35.3 Å². The lowest BCUT2D eigenvalue weighted by Crippen LogP contribution is -2.57. The van der Waals surface area contributed by atoms with Crippen LogP contribution >= 0.6 is 0 Å². The maximum absolute atomic E-state index is 13.7. The number of ether oxygens (including phenoxy) is 2. The van der Waals surface area contributed by atoms with Crippen molar-refractivity contribution in [1.82, 2.24) is 0 Å². The van der Waals surface area contributed by atoms with Crippen molar-refractivity contribution in [3.63, 3.8) is 0 Å². The molecule has 0 aromatic rings. The van der Waals surface area contributed by atoms with Gasteiger partial charge in [-0.1, -0.05) is 20.8 Å². The molecule has 0 saturated heterocycles. The van der Waals surface area contributed by atoms with Gasteiger partial charge in [-0.05, 0) is 80.0 Å². The van der Waals surface area contributed by atoms with Gasteiger partial charge in [-0.25, -0.2) is 0 Å². The van der Waals surface area contributed by atoms with Crippen molar-refractivity contribution >= 4 is 17.7 Å². The van der Waals surface area contributed by atoms with E-state index in [4.69, 9.17) is 9.47 Å². The normalized spacial score (nSPS) is 46.2. The van der Waals surface area contributed by atoms with Gasteiger partial charge < -0.3 is 9.47 Å². The van der Waals surface area contributed by atoms with Crippen LogP contribution < -0.4 is 0 Å². The number of rotatable bonds is 3. The van der Waals surface area contributed by atoms with Crippen LogP contribution in [0, 0.1) is 46.3 Å². The highest BCUT2D eigenvalue weighted by Gasteiger charge is 2.64. The molecule has 0 unspecified atom stereocenters. The van der Waals surface area contributed by atoms with Crippen molar-refractivity contribution < 1.29 is 23.9 Å². The number of hydrogen-bond donors (Lipinski definition) is 0. The van der Waals surface area contributed by atoms with Crippen LogP contribution in [0.1, 0.15) is 79.1 Å². The van der Waals surface area contributed by atoms with Crippen molar-refractivity contribution in [1.29, 1.82) is 0 Å². The molecule has 0 amide bonds. The van der Waals surface area contributed by atoms with Crippen LogP contribution in [0.15, 0.2) is 0 Å². The molecule has 4 saturated carbocycles. The summed E-state index contributed by atoms with van der Waals surface area (Å²) in [5.41, 5.74) is -0.241. The maximum Gasteiger partial charge on any atom is 0.308 e. The molecule has 0 bridgehead atoms. The Morgan fingerprint density at radius 1 is 1.07 bits per heavy atom. The summed E-state index contributed by atoms with van der Waals surface area (Å²) in [5, 5.41) is 0. The molecule has 0 N–H and O–H groups in total. The van der Waals surface area contributed by atoms with Gasteiger partial charge in [-0.3, -0.25) is 14.4 Å². The van der Waals surface area contributed by atoms with Crippen LogP contribution in [-0.2, 0) is 23.9 Å². The average molecular weight is 419 g/mol. The molecule has 0 spiro atoms. The Morgan fingerprint density at radius 2 is 1.80 bits per heavy atom. The summed E-state index contributed by atoms with van der Waals surface area (Å²) in [7, 11) is 1.45. The van der Waals surface area contributed by atoms with Crippen LogP contribution in [-0.4, -0.2) is 30.9 Å². The zero-order chi connectivity index (χ0) is 21.8. The summed E-state index contributed by atoms with van der Waals surface area (Å²) >= 11 is 0. The molecule has 0 heterocycles. The van der Waals surface area contributed by atoms with E-state index in [0.717, 1.165) is 44.9 Å². The number of methoxy groups -OCH3 is 1. The largest absolute Gasteiger partial charge is 0.469 e. The van der Waals surface area contributed by atoms with Crippen LogP contribution in [0.2, 0.25) is 0 Å². The van der Waals surface area contributed by atoms with E-state index < -0.39 is 5.41 Å². The zero-order valence-corrected chi connectivity index (χ0v) is 19.2. The molecule has 5 heteroatoms. The van der Waals surface area contributed by atoms with Gasteiger partial charge in [0.1, 0.15) is 11.9 Å². The van der Waals surface area contributed by atoms with Gasteiger partial charge >= 0.3 is 11.9 Å². The third kappa shape index (κ3) is 3.14. The van der Waals surface area contributed by atoms with Crippen LogP contribution in [0.5, 0.6) is 0 Å². The number of carbonyl (C=O) groups excluding carboxylic acids is 3. The van der Waals surface area contributed by atoms with E-state index in [1.807, 2.05) is 6.92 Å². The highest BCUT2D eigenvalue weighted by atomic mass is 16.5. The number of ketones is 1. The minimum Gasteiger partial charge on any atom is -0.469 e. The van der Waals surface area contributed by atoms with Gasteiger partial charge in [0.2, 0.25) is 0 Å². The molecule has 4 aliphatic rings. The molecule has 4 aliphatic carbocycles. The standard InChI is InChI=1S/C25H38O5/c1-14(23(28)29-5)19-8-9-20-18-7-6-16-12-17(30-15(2)26)10-11-24(16,3)21(18)13-22(27)25(19,20)4/h14,16-21H,6-13H2,1-5H3/t14-,16+,17-,18+,19-,20+,21+,24+,25-/m1/s1. The topological polar surface area (TPSA) is 69.7 Å². The third-order valence-corrected chi connectivity index (χ3v) is 10.1. The Bertz CT molecular complexity index is 731. The number of carbonyl (C=O) groups is 3.